The van der Waals surface area contributed by atoms with Gasteiger partial charge in [-0.3, -0.25) is 0 Å². The van der Waals surface area contributed by atoms with Crippen molar-refractivity contribution in [2.24, 2.45) is 0 Å². The van der Waals surface area contributed by atoms with Gasteiger partial charge in [-0.15, -0.1) is 0 Å². The van der Waals surface area contributed by atoms with E-state index in [0.717, 1.165) is 35.7 Å². The van der Waals surface area contributed by atoms with Crippen molar-refractivity contribution in [2.45, 2.75) is 38.0 Å². The zero-order chi connectivity index (χ0) is 12.7. The molecule has 1 rings (SSSR count). The maximum absolute atomic E-state index is 9.64. The van der Waals surface area contributed by atoms with Gasteiger partial charge in [0.2, 0.25) is 0 Å². The lowest BCUT2D eigenvalue weighted by atomic mass is 9.77. The minimum absolute atomic E-state index is 0.0103. The second-order valence-corrected chi connectivity index (χ2v) is 5.48. The summed E-state index contributed by atoms with van der Waals surface area (Å²) in [6.07, 6.45) is 4.13. The number of rotatable bonds is 7. The Morgan fingerprint density at radius 3 is 2.41 bits per heavy atom. The molecule has 0 atom stereocenters. The summed E-state index contributed by atoms with van der Waals surface area (Å²) >= 11 is 3.43. The van der Waals surface area contributed by atoms with E-state index >= 15 is 0 Å². The van der Waals surface area contributed by atoms with Crippen molar-refractivity contribution in [1.29, 1.82) is 0 Å². The van der Waals surface area contributed by atoms with Gasteiger partial charge in [0.05, 0.1) is 13.2 Å². The molecule has 2 nitrogen and oxygen atoms in total. The average Bonchev–Trinajstić information content (AvgIpc) is 2.35. The highest BCUT2D eigenvalue weighted by Gasteiger charge is 2.30. The Morgan fingerprint density at radius 1 is 1.18 bits per heavy atom. The number of unbranched alkanes of at least 4 members (excludes halogenated alkanes) is 2. The molecule has 0 heterocycles. The lowest BCUT2D eigenvalue weighted by Gasteiger charge is -2.30. The van der Waals surface area contributed by atoms with E-state index in [1.165, 1.54) is 0 Å². The van der Waals surface area contributed by atoms with Crippen molar-refractivity contribution in [3.63, 3.8) is 0 Å². The number of aliphatic hydroxyl groups excluding tert-OH is 2. The second kappa shape index (κ2) is 7.14. The molecule has 96 valence electrons. The normalized spacial score (nSPS) is 11.8. The zero-order valence-electron chi connectivity index (χ0n) is 10.3. The zero-order valence-corrected chi connectivity index (χ0v) is 11.9. The molecule has 0 fully saturated rings. The van der Waals surface area contributed by atoms with Crippen LogP contribution in [0, 0.1) is 0 Å². The van der Waals surface area contributed by atoms with Crippen LogP contribution in [0.4, 0.5) is 0 Å². The summed E-state index contributed by atoms with van der Waals surface area (Å²) in [5.41, 5.74) is 0.506. The molecule has 0 radical (unpaired) electrons. The summed E-state index contributed by atoms with van der Waals surface area (Å²) in [4.78, 5) is 0. The number of benzene rings is 1. The van der Waals surface area contributed by atoms with E-state index < -0.39 is 5.41 Å². The third-order valence-corrected chi connectivity index (χ3v) is 3.79. The van der Waals surface area contributed by atoms with E-state index in [2.05, 4.69) is 22.9 Å². The predicted octanol–water partition coefficient (Wildman–Crippen LogP) is 3.25. The number of hydrogen-bond donors (Lipinski definition) is 2. The van der Waals surface area contributed by atoms with Crippen LogP contribution in [-0.4, -0.2) is 23.4 Å². The average molecular weight is 301 g/mol. The molecule has 1 aromatic carbocycles. The third-order valence-electron chi connectivity index (χ3n) is 3.30. The first-order chi connectivity index (χ1) is 8.18. The van der Waals surface area contributed by atoms with Crippen molar-refractivity contribution >= 4 is 15.9 Å². The number of hydrogen-bond acceptors (Lipinski definition) is 2. The highest BCUT2D eigenvalue weighted by Crippen LogP contribution is 2.31. The Kier molecular flexibility index (Phi) is 6.17. The van der Waals surface area contributed by atoms with Crippen LogP contribution in [-0.2, 0) is 5.41 Å². The first kappa shape index (κ1) is 14.7. The lowest BCUT2D eigenvalue weighted by molar-refractivity contribution is 0.107. The molecule has 0 aliphatic heterocycles. The van der Waals surface area contributed by atoms with Gasteiger partial charge in [0, 0.05) is 9.89 Å². The summed E-state index contributed by atoms with van der Waals surface area (Å²) in [5.74, 6) is 0. The quantitative estimate of drug-likeness (QED) is 0.759. The van der Waals surface area contributed by atoms with E-state index in [1.807, 2.05) is 24.3 Å². The summed E-state index contributed by atoms with van der Waals surface area (Å²) in [7, 11) is 0. The van der Waals surface area contributed by atoms with Crippen molar-refractivity contribution < 1.29 is 10.2 Å². The van der Waals surface area contributed by atoms with Crippen LogP contribution in [0.15, 0.2) is 28.7 Å². The van der Waals surface area contributed by atoms with Gasteiger partial charge in [0.1, 0.15) is 0 Å². The first-order valence-corrected chi connectivity index (χ1v) is 6.95. The fourth-order valence-electron chi connectivity index (χ4n) is 2.07. The maximum Gasteiger partial charge on any atom is 0.0550 e. The molecule has 0 saturated carbocycles. The first-order valence-electron chi connectivity index (χ1n) is 6.16. The summed E-state index contributed by atoms with van der Waals surface area (Å²) < 4.78 is 0.983. The molecule has 3 heteroatoms. The molecule has 0 aliphatic rings. The fourth-order valence-corrected chi connectivity index (χ4v) is 2.47. The molecule has 0 saturated heterocycles. The molecule has 0 spiro atoms. The van der Waals surface area contributed by atoms with Gasteiger partial charge in [0.25, 0.3) is 0 Å². The predicted molar refractivity (Wildman–Crippen MR) is 74.1 cm³/mol. The van der Waals surface area contributed by atoms with Crippen molar-refractivity contribution in [3.8, 4) is 0 Å². The molecular weight excluding hydrogens is 280 g/mol. The van der Waals surface area contributed by atoms with Gasteiger partial charge in [-0.1, -0.05) is 54.2 Å². The van der Waals surface area contributed by atoms with Crippen LogP contribution < -0.4 is 0 Å². The highest BCUT2D eigenvalue weighted by atomic mass is 79.9. The van der Waals surface area contributed by atoms with E-state index in [4.69, 9.17) is 0 Å². The Balaban J connectivity index is 2.89. The lowest BCUT2D eigenvalue weighted by Crippen LogP contribution is -2.34. The van der Waals surface area contributed by atoms with E-state index in [9.17, 15) is 10.2 Å². The van der Waals surface area contributed by atoms with Crippen LogP contribution in [0.1, 0.15) is 38.2 Å². The summed E-state index contributed by atoms with van der Waals surface area (Å²) in [6.45, 7) is 2.13. The SMILES string of the molecule is CCCCCC(CO)(CO)c1cccc(Br)c1. The van der Waals surface area contributed by atoms with Crippen molar-refractivity contribution in [2.75, 3.05) is 13.2 Å². The van der Waals surface area contributed by atoms with Crippen LogP contribution in [0.5, 0.6) is 0 Å². The minimum Gasteiger partial charge on any atom is -0.395 e. The Morgan fingerprint density at radius 2 is 1.88 bits per heavy atom. The van der Waals surface area contributed by atoms with Crippen LogP contribution >= 0.6 is 15.9 Å². The molecule has 2 N–H and O–H groups in total. The standard InChI is InChI=1S/C14H21BrO2/c1-2-3-4-8-14(10-16,11-17)12-6-5-7-13(15)9-12/h5-7,9,16-17H,2-4,8,10-11H2,1H3. The minimum atomic E-state index is -0.501. The topological polar surface area (TPSA) is 40.5 Å². The third kappa shape index (κ3) is 3.80. The summed E-state index contributed by atoms with van der Waals surface area (Å²) in [6, 6.07) is 7.86. The highest BCUT2D eigenvalue weighted by molar-refractivity contribution is 9.10. The van der Waals surface area contributed by atoms with Crippen LogP contribution in [0.3, 0.4) is 0 Å². The largest absolute Gasteiger partial charge is 0.395 e. The van der Waals surface area contributed by atoms with Crippen LogP contribution in [0.25, 0.3) is 0 Å². The van der Waals surface area contributed by atoms with Gasteiger partial charge < -0.3 is 10.2 Å². The Hall–Kier alpha value is -0.380. The van der Waals surface area contributed by atoms with Gasteiger partial charge in [-0.2, -0.15) is 0 Å². The smallest absolute Gasteiger partial charge is 0.0550 e. The number of aliphatic hydroxyl groups is 2. The maximum atomic E-state index is 9.64. The monoisotopic (exact) mass is 300 g/mol. The second-order valence-electron chi connectivity index (χ2n) is 4.56. The van der Waals surface area contributed by atoms with E-state index in [0.29, 0.717) is 0 Å². The fraction of sp³-hybridized carbons (Fsp3) is 0.571. The summed E-state index contributed by atoms with van der Waals surface area (Å²) in [5, 5.41) is 19.3. The van der Waals surface area contributed by atoms with Gasteiger partial charge in [-0.05, 0) is 24.1 Å². The molecule has 0 amide bonds. The molecule has 1 aromatic rings. The molecule has 0 aliphatic carbocycles. The van der Waals surface area contributed by atoms with E-state index in [-0.39, 0.29) is 13.2 Å². The Bertz CT molecular complexity index is 335. The van der Waals surface area contributed by atoms with E-state index in [1.54, 1.807) is 0 Å². The molecule has 17 heavy (non-hydrogen) atoms. The molecule has 0 bridgehead atoms. The van der Waals surface area contributed by atoms with Crippen molar-refractivity contribution in [3.05, 3.63) is 34.3 Å². The van der Waals surface area contributed by atoms with Gasteiger partial charge >= 0.3 is 0 Å². The van der Waals surface area contributed by atoms with Gasteiger partial charge in [-0.25, -0.2) is 0 Å². The van der Waals surface area contributed by atoms with Gasteiger partial charge in [0.15, 0.2) is 0 Å². The molecule has 0 aromatic heterocycles. The molecule has 0 unspecified atom stereocenters. The Labute approximate surface area is 112 Å². The molecular formula is C14H21BrO2. The number of halogens is 1. The van der Waals surface area contributed by atoms with Crippen molar-refractivity contribution in [1.82, 2.24) is 0 Å². The van der Waals surface area contributed by atoms with Crippen LogP contribution in [0.2, 0.25) is 0 Å².